The molecule has 3 atom stereocenters. The lowest BCUT2D eigenvalue weighted by Crippen LogP contribution is -2.47. The predicted molar refractivity (Wildman–Crippen MR) is 305 cm³/mol. The fraction of sp³-hybridized carbons (Fsp3) is 0.836. The van der Waals surface area contributed by atoms with Gasteiger partial charge >= 0.3 is 13.8 Å². The normalized spacial score (nSPS) is 14.1. The molecule has 0 aliphatic rings. The number of amides is 1. The highest BCUT2D eigenvalue weighted by molar-refractivity contribution is 7.47. The Labute approximate surface area is 439 Å². The summed E-state index contributed by atoms with van der Waals surface area (Å²) in [5.74, 6) is -0.522. The molecule has 10 heteroatoms. The second kappa shape index (κ2) is 51.5. The molecule has 0 saturated heterocycles. The average molecular weight is 1020 g/mol. The summed E-state index contributed by atoms with van der Waals surface area (Å²) >= 11 is 0. The summed E-state index contributed by atoms with van der Waals surface area (Å²) < 4.78 is 30.6. The van der Waals surface area contributed by atoms with Crippen LogP contribution in [0.5, 0.6) is 0 Å². The molecule has 1 amide bonds. The van der Waals surface area contributed by atoms with E-state index in [0.717, 1.165) is 77.0 Å². The maximum atomic E-state index is 13.5. The zero-order chi connectivity index (χ0) is 52.2. The first-order chi connectivity index (χ1) is 34.4. The van der Waals surface area contributed by atoms with Crippen LogP contribution in [-0.4, -0.2) is 74.3 Å². The van der Waals surface area contributed by atoms with Crippen LogP contribution in [0.1, 0.15) is 278 Å². The first-order valence-electron chi connectivity index (χ1n) is 30.0. The Hall–Kier alpha value is -2.03. The number of nitrogens with one attached hydrogen (secondary N) is 1. The van der Waals surface area contributed by atoms with Crippen LogP contribution in [0.25, 0.3) is 0 Å². The first-order valence-corrected chi connectivity index (χ1v) is 31.5. The Morgan fingerprint density at radius 3 is 1.31 bits per heavy atom. The number of nitrogens with zero attached hydrogens (tertiary/aromatic N) is 1. The van der Waals surface area contributed by atoms with Gasteiger partial charge in [-0.2, -0.15) is 0 Å². The fourth-order valence-corrected chi connectivity index (χ4v) is 9.33. The number of carbonyl (C=O) groups excluding carboxylic acids is 2. The quantitative estimate of drug-likeness (QED) is 0.0205. The molecule has 0 radical (unpaired) electrons. The predicted octanol–water partition coefficient (Wildman–Crippen LogP) is 18.1. The molecule has 71 heavy (non-hydrogen) atoms. The van der Waals surface area contributed by atoms with E-state index in [2.05, 4.69) is 62.5 Å². The van der Waals surface area contributed by atoms with E-state index in [1.165, 1.54) is 161 Å². The molecule has 0 aliphatic heterocycles. The minimum Gasteiger partial charge on any atom is -0.456 e. The zero-order valence-corrected chi connectivity index (χ0v) is 48.4. The molecule has 2 N–H and O–H groups in total. The van der Waals surface area contributed by atoms with Gasteiger partial charge in [-0.15, -0.1) is 0 Å². The van der Waals surface area contributed by atoms with Crippen molar-refractivity contribution >= 4 is 19.7 Å². The van der Waals surface area contributed by atoms with Gasteiger partial charge in [0, 0.05) is 12.8 Å². The van der Waals surface area contributed by atoms with E-state index in [-0.39, 0.29) is 31.5 Å². The summed E-state index contributed by atoms with van der Waals surface area (Å²) in [4.78, 5) is 37.6. The number of hydrogen-bond acceptors (Lipinski definition) is 6. The van der Waals surface area contributed by atoms with E-state index < -0.39 is 20.0 Å². The number of likely N-dealkylation sites (N-methyl/N-ethyl adjacent to an activating group) is 1. The molecule has 9 nitrogen and oxygen atoms in total. The van der Waals surface area contributed by atoms with Crippen LogP contribution < -0.4 is 5.32 Å². The molecular formula is C61H116N2O7P+. The van der Waals surface area contributed by atoms with Crippen LogP contribution in [0.2, 0.25) is 0 Å². The molecule has 416 valence electrons. The molecule has 0 heterocycles. The van der Waals surface area contributed by atoms with Crippen molar-refractivity contribution in [3.8, 4) is 0 Å². The third-order valence-corrected chi connectivity index (χ3v) is 14.3. The molecule has 0 fully saturated rings. The monoisotopic (exact) mass is 1020 g/mol. The molecular weight excluding hydrogens is 904 g/mol. The number of esters is 1. The van der Waals surface area contributed by atoms with E-state index in [9.17, 15) is 19.0 Å². The van der Waals surface area contributed by atoms with Crippen molar-refractivity contribution in [3.63, 3.8) is 0 Å². The van der Waals surface area contributed by atoms with Crippen molar-refractivity contribution in [2.75, 3.05) is 40.9 Å². The van der Waals surface area contributed by atoms with E-state index in [1.54, 1.807) is 0 Å². The summed E-state index contributed by atoms with van der Waals surface area (Å²) in [6.07, 6.45) is 62.4. The molecule has 0 spiro atoms. The molecule has 0 aromatic heterocycles. The Bertz CT molecular complexity index is 1360. The molecule has 0 bridgehead atoms. The number of quaternary nitrogens is 1. The maximum Gasteiger partial charge on any atom is 0.472 e. The lowest BCUT2D eigenvalue weighted by molar-refractivity contribution is -0.870. The number of rotatable bonds is 54. The number of phosphoric acid groups is 1. The van der Waals surface area contributed by atoms with Crippen LogP contribution >= 0.6 is 7.82 Å². The third-order valence-electron chi connectivity index (χ3n) is 13.3. The highest BCUT2D eigenvalue weighted by Gasteiger charge is 2.30. The van der Waals surface area contributed by atoms with Gasteiger partial charge in [0.15, 0.2) is 0 Å². The summed E-state index contributed by atoms with van der Waals surface area (Å²) in [7, 11) is 1.49. The molecule has 0 saturated carbocycles. The van der Waals surface area contributed by atoms with Crippen LogP contribution in [0, 0.1) is 0 Å². The van der Waals surface area contributed by atoms with Crippen molar-refractivity contribution in [1.82, 2.24) is 5.32 Å². The Morgan fingerprint density at radius 2 is 0.859 bits per heavy atom. The Kier molecular flexibility index (Phi) is 50.0. The van der Waals surface area contributed by atoms with E-state index in [1.807, 2.05) is 33.3 Å². The zero-order valence-electron chi connectivity index (χ0n) is 47.5. The lowest BCUT2D eigenvalue weighted by atomic mass is 10.0. The van der Waals surface area contributed by atoms with Crippen molar-refractivity contribution in [2.45, 2.75) is 290 Å². The van der Waals surface area contributed by atoms with Crippen LogP contribution in [-0.2, 0) is 27.9 Å². The van der Waals surface area contributed by atoms with E-state index in [0.29, 0.717) is 23.9 Å². The topological polar surface area (TPSA) is 111 Å². The number of hydrogen-bond donors (Lipinski definition) is 2. The Morgan fingerprint density at radius 1 is 0.493 bits per heavy atom. The number of unbranched alkanes of at least 4 members (excludes halogenated alkanes) is 32. The molecule has 3 unspecified atom stereocenters. The molecule has 0 aliphatic carbocycles. The number of ether oxygens (including phenoxy) is 1. The van der Waals surface area contributed by atoms with Gasteiger partial charge in [0.05, 0.1) is 33.8 Å². The summed E-state index contributed by atoms with van der Waals surface area (Å²) in [6.45, 7) is 6.99. The van der Waals surface area contributed by atoms with Gasteiger partial charge in [0.1, 0.15) is 19.3 Å². The van der Waals surface area contributed by atoms with Crippen LogP contribution in [0.15, 0.2) is 48.6 Å². The number of phosphoric ester groups is 1. The molecule has 0 aromatic rings. The second-order valence-electron chi connectivity index (χ2n) is 21.5. The minimum atomic E-state index is -4.45. The number of carbonyl (C=O) groups is 2. The van der Waals surface area contributed by atoms with Crippen molar-refractivity contribution in [1.29, 1.82) is 0 Å². The van der Waals surface area contributed by atoms with Crippen molar-refractivity contribution < 1.29 is 37.3 Å². The van der Waals surface area contributed by atoms with Gasteiger partial charge in [0.2, 0.25) is 5.91 Å². The van der Waals surface area contributed by atoms with Gasteiger partial charge in [-0.25, -0.2) is 4.57 Å². The summed E-state index contributed by atoms with van der Waals surface area (Å²) in [6, 6.07) is -0.854. The van der Waals surface area contributed by atoms with Crippen LogP contribution in [0.3, 0.4) is 0 Å². The minimum absolute atomic E-state index is 0.0374. The smallest absolute Gasteiger partial charge is 0.456 e. The average Bonchev–Trinajstić information content (AvgIpc) is 3.33. The van der Waals surface area contributed by atoms with Gasteiger partial charge in [0.25, 0.3) is 0 Å². The first kappa shape index (κ1) is 69.0. The van der Waals surface area contributed by atoms with Gasteiger partial charge in [-0.05, 0) is 70.3 Å². The SMILES string of the molecule is CCCCC/C=C\C/C=C\C/C=C\CCCCCCC(=O)OC(/C=C/CCCCCCCCCCCC)C(COP(=O)(O)OCC[N+](C)(C)C)NC(=O)CCCCCCCCCCCCCCCCCC. The standard InChI is InChI=1S/C61H115N2O7P/c1-7-10-13-16-19-22-25-28-30-32-34-36-39-42-45-48-51-54-61(65)70-59(52-49-46-43-40-37-27-24-21-18-15-12-9-3)58(57-69-71(66,67)68-56-55-63(4,5)6)62-60(64)53-50-47-44-41-38-35-33-31-29-26-23-20-17-14-11-8-2/h19,22,28,30,34,36,49,52,58-59H,7-18,20-21,23-27,29,31-33,35,37-48,50-51,53-57H2,1-6H3,(H-,62,64,66,67)/p+1/b22-19-,30-28-,36-34-,52-49+. The van der Waals surface area contributed by atoms with Gasteiger partial charge in [-0.1, -0.05) is 243 Å². The maximum absolute atomic E-state index is 13.5. The van der Waals surface area contributed by atoms with E-state index >= 15 is 0 Å². The highest BCUT2D eigenvalue weighted by atomic mass is 31.2. The second-order valence-corrected chi connectivity index (χ2v) is 23.0. The largest absolute Gasteiger partial charge is 0.472 e. The summed E-state index contributed by atoms with van der Waals surface area (Å²) in [5, 5.41) is 3.05. The van der Waals surface area contributed by atoms with Crippen molar-refractivity contribution in [2.24, 2.45) is 0 Å². The summed E-state index contributed by atoms with van der Waals surface area (Å²) in [5.41, 5.74) is 0. The third kappa shape index (κ3) is 52.6. The number of allylic oxidation sites excluding steroid dienone is 7. The van der Waals surface area contributed by atoms with Gasteiger partial charge in [-0.3, -0.25) is 18.6 Å². The Balaban J connectivity index is 5.34. The van der Waals surface area contributed by atoms with Gasteiger partial charge < -0.3 is 19.4 Å². The van der Waals surface area contributed by atoms with E-state index in [4.69, 9.17) is 13.8 Å². The fourth-order valence-electron chi connectivity index (χ4n) is 8.59. The van der Waals surface area contributed by atoms with Crippen LogP contribution in [0.4, 0.5) is 0 Å². The molecule has 0 aromatic carbocycles. The highest BCUT2D eigenvalue weighted by Crippen LogP contribution is 2.43. The van der Waals surface area contributed by atoms with Crippen molar-refractivity contribution in [3.05, 3.63) is 48.6 Å². The molecule has 0 rings (SSSR count). The lowest BCUT2D eigenvalue weighted by Gasteiger charge is -2.27.